The minimum absolute atomic E-state index is 0.0516. The van der Waals surface area contributed by atoms with Crippen LogP contribution in [0.5, 0.6) is 5.75 Å². The van der Waals surface area contributed by atoms with Crippen molar-refractivity contribution >= 4 is 39.1 Å². The van der Waals surface area contributed by atoms with Gasteiger partial charge in [0.15, 0.2) is 0 Å². The van der Waals surface area contributed by atoms with Crippen molar-refractivity contribution in [1.82, 2.24) is 4.90 Å². The van der Waals surface area contributed by atoms with Crippen LogP contribution in [0.1, 0.15) is 6.42 Å². The second-order valence-corrected chi connectivity index (χ2v) is 6.49. The van der Waals surface area contributed by atoms with Gasteiger partial charge in [-0.25, -0.2) is 13.6 Å². The highest BCUT2D eigenvalue weighted by atomic mass is 35.5. The topological polar surface area (TPSA) is 89.7 Å². The molecule has 0 spiro atoms. The Kier molecular flexibility index (Phi) is 5.64. The zero-order valence-corrected chi connectivity index (χ0v) is 13.2. The van der Waals surface area contributed by atoms with E-state index in [0.717, 1.165) is 6.07 Å². The van der Waals surface area contributed by atoms with Crippen molar-refractivity contribution in [3.05, 3.63) is 22.2 Å². The van der Waals surface area contributed by atoms with E-state index >= 15 is 0 Å². The maximum atomic E-state index is 11.4. The van der Waals surface area contributed by atoms with E-state index in [9.17, 15) is 13.2 Å². The molecule has 1 rings (SSSR count). The highest BCUT2D eigenvalue weighted by molar-refractivity contribution is 7.89. The maximum Gasteiger partial charge on any atom is 0.239 e. The lowest BCUT2D eigenvalue weighted by Crippen LogP contribution is -2.23. The zero-order chi connectivity index (χ0) is 15.5. The van der Waals surface area contributed by atoms with E-state index in [-0.39, 0.29) is 39.6 Å². The molecule has 2 N–H and O–H groups in total. The third-order valence-electron chi connectivity index (χ3n) is 2.37. The van der Waals surface area contributed by atoms with Crippen LogP contribution in [0.15, 0.2) is 17.0 Å². The summed E-state index contributed by atoms with van der Waals surface area (Å²) in [5.41, 5.74) is 0. The standard InChI is InChI=1S/C11H14Cl2N2O4S/c1-15(2)11(16)3-4-19-9-5-8(13)10(6-7(9)12)20(14,17)18/h5-6H,3-4H2,1-2H3,(H2,14,17,18). The first-order chi connectivity index (χ1) is 9.12. The van der Waals surface area contributed by atoms with Gasteiger partial charge in [0.25, 0.3) is 0 Å². The molecule has 1 aromatic carbocycles. The highest BCUT2D eigenvalue weighted by Crippen LogP contribution is 2.33. The SMILES string of the molecule is CN(C)C(=O)CCOc1cc(Cl)c(S(N)(=O)=O)cc1Cl. The summed E-state index contributed by atoms with van der Waals surface area (Å²) >= 11 is 11.7. The van der Waals surface area contributed by atoms with Crippen LogP contribution in [0, 0.1) is 0 Å². The summed E-state index contributed by atoms with van der Waals surface area (Å²) in [7, 11) is -0.687. The molecule has 9 heteroatoms. The van der Waals surface area contributed by atoms with Crippen LogP contribution < -0.4 is 9.88 Å². The highest BCUT2D eigenvalue weighted by Gasteiger charge is 2.17. The van der Waals surface area contributed by atoms with Gasteiger partial charge in [-0.1, -0.05) is 23.2 Å². The fourth-order valence-corrected chi connectivity index (χ4v) is 2.68. The third-order valence-corrected chi connectivity index (χ3v) is 4.04. The third kappa shape index (κ3) is 4.52. The number of nitrogens with zero attached hydrogens (tertiary/aromatic N) is 1. The molecule has 20 heavy (non-hydrogen) atoms. The molecule has 0 atom stereocenters. The Hall–Kier alpha value is -1.02. The Morgan fingerprint density at radius 3 is 2.40 bits per heavy atom. The summed E-state index contributed by atoms with van der Waals surface area (Å²) in [5, 5.41) is 4.95. The summed E-state index contributed by atoms with van der Waals surface area (Å²) in [6, 6.07) is 2.37. The van der Waals surface area contributed by atoms with Crippen LogP contribution in [-0.4, -0.2) is 39.9 Å². The number of halogens is 2. The van der Waals surface area contributed by atoms with E-state index in [1.807, 2.05) is 0 Å². The van der Waals surface area contributed by atoms with Crippen molar-refractivity contribution in [2.24, 2.45) is 5.14 Å². The number of carbonyl (C=O) groups is 1. The molecule has 0 aliphatic carbocycles. The zero-order valence-electron chi connectivity index (χ0n) is 10.9. The summed E-state index contributed by atoms with van der Waals surface area (Å²) in [4.78, 5) is 12.5. The smallest absolute Gasteiger partial charge is 0.239 e. The summed E-state index contributed by atoms with van der Waals surface area (Å²) in [6.45, 7) is 0.0990. The first kappa shape index (κ1) is 17.0. The average molecular weight is 341 g/mol. The van der Waals surface area contributed by atoms with Crippen molar-refractivity contribution in [2.45, 2.75) is 11.3 Å². The molecular weight excluding hydrogens is 327 g/mol. The molecule has 1 amide bonds. The molecule has 0 heterocycles. The lowest BCUT2D eigenvalue weighted by Gasteiger charge is -2.12. The second kappa shape index (κ2) is 6.62. The van der Waals surface area contributed by atoms with Crippen LogP contribution in [0.2, 0.25) is 10.0 Å². The first-order valence-corrected chi connectivity index (χ1v) is 7.78. The van der Waals surface area contributed by atoms with Gasteiger partial charge < -0.3 is 9.64 Å². The van der Waals surface area contributed by atoms with E-state index in [0.29, 0.717) is 0 Å². The van der Waals surface area contributed by atoms with E-state index in [4.69, 9.17) is 33.1 Å². The van der Waals surface area contributed by atoms with Crippen molar-refractivity contribution in [2.75, 3.05) is 20.7 Å². The molecule has 0 saturated carbocycles. The minimum Gasteiger partial charge on any atom is -0.491 e. The van der Waals surface area contributed by atoms with Gasteiger partial charge in [0.05, 0.1) is 23.1 Å². The molecule has 6 nitrogen and oxygen atoms in total. The van der Waals surface area contributed by atoms with Gasteiger partial charge in [-0.3, -0.25) is 4.79 Å². The van der Waals surface area contributed by atoms with E-state index < -0.39 is 10.0 Å². The molecule has 0 bridgehead atoms. The predicted molar refractivity (Wildman–Crippen MR) is 76.6 cm³/mol. The summed E-state index contributed by atoms with van der Waals surface area (Å²) < 4.78 is 27.8. The largest absolute Gasteiger partial charge is 0.491 e. The van der Waals surface area contributed by atoms with Crippen LogP contribution in [0.4, 0.5) is 0 Å². The van der Waals surface area contributed by atoms with Crippen LogP contribution in [0.25, 0.3) is 0 Å². The first-order valence-electron chi connectivity index (χ1n) is 5.47. The molecule has 0 aliphatic heterocycles. The second-order valence-electron chi connectivity index (χ2n) is 4.14. The van der Waals surface area contributed by atoms with Crippen molar-refractivity contribution < 1.29 is 17.9 Å². The number of amides is 1. The Labute approximate surface area is 127 Å². The Balaban J connectivity index is 2.84. The minimum atomic E-state index is -3.95. The number of nitrogens with two attached hydrogens (primary N) is 1. The Morgan fingerprint density at radius 1 is 1.30 bits per heavy atom. The van der Waals surface area contributed by atoms with Gasteiger partial charge in [-0.15, -0.1) is 0 Å². The number of benzene rings is 1. The molecule has 0 unspecified atom stereocenters. The lowest BCUT2D eigenvalue weighted by molar-refractivity contribution is -0.129. The van der Waals surface area contributed by atoms with Crippen LogP contribution in [0.3, 0.4) is 0 Å². The normalized spacial score (nSPS) is 11.2. The average Bonchev–Trinajstić information content (AvgIpc) is 2.31. The van der Waals surface area contributed by atoms with Crippen molar-refractivity contribution in [3.8, 4) is 5.75 Å². The molecule has 0 radical (unpaired) electrons. The summed E-state index contributed by atoms with van der Waals surface area (Å²) in [5.74, 6) is 0.0870. The molecule has 112 valence electrons. The maximum absolute atomic E-state index is 11.4. The fourth-order valence-electron chi connectivity index (χ4n) is 1.31. The molecule has 0 aromatic heterocycles. The number of ether oxygens (including phenoxy) is 1. The molecule has 1 aromatic rings. The fraction of sp³-hybridized carbons (Fsp3) is 0.364. The predicted octanol–water partition coefficient (Wildman–Crippen LogP) is 1.50. The van der Waals surface area contributed by atoms with Crippen molar-refractivity contribution in [1.29, 1.82) is 0 Å². The molecule has 0 aliphatic rings. The van der Waals surface area contributed by atoms with Gasteiger partial charge in [-0.05, 0) is 6.07 Å². The van der Waals surface area contributed by atoms with Gasteiger partial charge in [0.2, 0.25) is 15.9 Å². The van der Waals surface area contributed by atoms with E-state index in [2.05, 4.69) is 0 Å². The quantitative estimate of drug-likeness (QED) is 0.879. The Bertz CT molecular complexity index is 617. The monoisotopic (exact) mass is 340 g/mol. The number of hydrogen-bond acceptors (Lipinski definition) is 4. The Morgan fingerprint density at radius 2 is 1.90 bits per heavy atom. The number of hydrogen-bond donors (Lipinski definition) is 1. The van der Waals surface area contributed by atoms with E-state index in [1.165, 1.54) is 11.0 Å². The van der Waals surface area contributed by atoms with Crippen molar-refractivity contribution in [3.63, 3.8) is 0 Å². The molecule has 0 saturated heterocycles. The summed E-state index contributed by atoms with van der Waals surface area (Å²) in [6.07, 6.45) is 0.165. The van der Waals surface area contributed by atoms with Crippen LogP contribution in [-0.2, 0) is 14.8 Å². The number of rotatable bonds is 5. The van der Waals surface area contributed by atoms with Gasteiger partial charge in [0.1, 0.15) is 10.6 Å². The van der Waals surface area contributed by atoms with Crippen LogP contribution >= 0.6 is 23.2 Å². The van der Waals surface area contributed by atoms with Gasteiger partial charge >= 0.3 is 0 Å². The van der Waals surface area contributed by atoms with E-state index in [1.54, 1.807) is 14.1 Å². The molecular formula is C11H14Cl2N2O4S. The number of carbonyl (C=O) groups excluding carboxylic acids is 1. The number of sulfonamides is 1. The number of primary sulfonamides is 1. The van der Waals surface area contributed by atoms with Gasteiger partial charge in [0, 0.05) is 20.2 Å². The lowest BCUT2D eigenvalue weighted by atomic mass is 10.3. The van der Waals surface area contributed by atoms with Gasteiger partial charge in [-0.2, -0.15) is 0 Å². The molecule has 0 fully saturated rings.